The summed E-state index contributed by atoms with van der Waals surface area (Å²) in [6.45, 7) is 7.02. The highest BCUT2D eigenvalue weighted by Crippen LogP contribution is 2.42. The van der Waals surface area contributed by atoms with Crippen molar-refractivity contribution < 1.29 is 9.59 Å². The number of benzene rings is 1. The molecular formula is C19H20N4O2S. The van der Waals surface area contributed by atoms with E-state index in [1.165, 1.54) is 0 Å². The summed E-state index contributed by atoms with van der Waals surface area (Å²) < 4.78 is 0. The van der Waals surface area contributed by atoms with Crippen molar-refractivity contribution in [2.24, 2.45) is 11.3 Å². The number of hydrogen-bond acceptors (Lipinski definition) is 5. The monoisotopic (exact) mass is 368 g/mol. The van der Waals surface area contributed by atoms with Crippen molar-refractivity contribution in [2.45, 2.75) is 32.9 Å². The number of carbonyl (C=O) groups is 2. The van der Waals surface area contributed by atoms with Crippen LogP contribution in [-0.4, -0.2) is 17.1 Å². The molecule has 2 rings (SSSR count). The van der Waals surface area contributed by atoms with Crippen LogP contribution in [0, 0.1) is 40.9 Å². The van der Waals surface area contributed by atoms with E-state index < -0.39 is 22.5 Å². The maximum Gasteiger partial charge on any atom is 0.243 e. The molecule has 0 aromatic heterocycles. The summed E-state index contributed by atoms with van der Waals surface area (Å²) in [5.41, 5.74) is 1.11. The highest BCUT2D eigenvalue weighted by Gasteiger charge is 2.45. The molecule has 1 aliphatic heterocycles. The molecular weight excluding hydrogens is 348 g/mol. The van der Waals surface area contributed by atoms with Gasteiger partial charge in [0.1, 0.15) is 5.92 Å². The molecule has 26 heavy (non-hydrogen) atoms. The summed E-state index contributed by atoms with van der Waals surface area (Å²) in [7, 11) is 0. The predicted octanol–water partition coefficient (Wildman–Crippen LogP) is 3.09. The Balaban J connectivity index is 2.21. The van der Waals surface area contributed by atoms with Gasteiger partial charge in [0.15, 0.2) is 0 Å². The molecule has 0 saturated carbocycles. The van der Waals surface area contributed by atoms with Crippen LogP contribution in [0.4, 0.5) is 5.69 Å². The molecule has 0 fully saturated rings. The van der Waals surface area contributed by atoms with Gasteiger partial charge in [-0.3, -0.25) is 9.59 Å². The molecule has 2 N–H and O–H groups in total. The largest absolute Gasteiger partial charge is 0.325 e. The van der Waals surface area contributed by atoms with Gasteiger partial charge in [0.25, 0.3) is 0 Å². The number of rotatable bonds is 4. The third-order valence-electron chi connectivity index (χ3n) is 4.28. The summed E-state index contributed by atoms with van der Waals surface area (Å²) in [6.07, 6.45) is 0. The molecule has 0 bridgehead atoms. The van der Waals surface area contributed by atoms with Crippen molar-refractivity contribution in [3.63, 3.8) is 0 Å². The Morgan fingerprint density at radius 1 is 1.38 bits per heavy atom. The van der Waals surface area contributed by atoms with Gasteiger partial charge < -0.3 is 10.6 Å². The average molecular weight is 368 g/mol. The summed E-state index contributed by atoms with van der Waals surface area (Å²) in [6, 6.07) is 11.5. The number of hydrogen-bond donors (Lipinski definition) is 2. The fourth-order valence-electron chi connectivity index (χ4n) is 2.71. The van der Waals surface area contributed by atoms with Gasteiger partial charge in [-0.15, -0.1) is 0 Å². The van der Waals surface area contributed by atoms with Crippen LogP contribution in [0.15, 0.2) is 34.9 Å². The Labute approximate surface area is 157 Å². The molecule has 1 aromatic rings. The molecule has 1 heterocycles. The molecule has 0 unspecified atom stereocenters. The molecule has 134 valence electrons. The number of nitrogens with one attached hydrogen (secondary N) is 2. The summed E-state index contributed by atoms with van der Waals surface area (Å²) in [5, 5.41) is 24.0. The van der Waals surface area contributed by atoms with E-state index in [2.05, 4.69) is 16.7 Å². The van der Waals surface area contributed by atoms with E-state index in [1.54, 1.807) is 26.8 Å². The Morgan fingerprint density at radius 3 is 2.65 bits per heavy atom. The van der Waals surface area contributed by atoms with Crippen LogP contribution < -0.4 is 10.6 Å². The summed E-state index contributed by atoms with van der Waals surface area (Å²) in [5.74, 6) is -1.64. The maximum absolute atomic E-state index is 12.5. The van der Waals surface area contributed by atoms with Crippen molar-refractivity contribution in [2.75, 3.05) is 5.32 Å². The highest BCUT2D eigenvalue weighted by molar-refractivity contribution is 8.04. The van der Waals surface area contributed by atoms with Gasteiger partial charge in [-0.2, -0.15) is 10.5 Å². The topological polar surface area (TPSA) is 106 Å². The van der Waals surface area contributed by atoms with Crippen molar-refractivity contribution in [3.8, 4) is 12.1 Å². The van der Waals surface area contributed by atoms with Gasteiger partial charge in [-0.1, -0.05) is 37.7 Å². The van der Waals surface area contributed by atoms with E-state index in [4.69, 9.17) is 0 Å². The summed E-state index contributed by atoms with van der Waals surface area (Å²) in [4.78, 5) is 24.7. The first-order chi connectivity index (χ1) is 12.2. The first-order valence-corrected chi connectivity index (χ1v) is 8.98. The quantitative estimate of drug-likeness (QED) is 0.849. The smallest absolute Gasteiger partial charge is 0.243 e. The van der Waals surface area contributed by atoms with Crippen LogP contribution in [0.1, 0.15) is 26.3 Å². The molecule has 6 nitrogen and oxygen atoms in total. The molecule has 0 saturated heterocycles. The van der Waals surface area contributed by atoms with E-state index in [-0.39, 0.29) is 5.91 Å². The number of anilines is 1. The molecule has 1 aromatic carbocycles. The minimum Gasteiger partial charge on any atom is -0.325 e. The fourth-order valence-corrected chi connectivity index (χ4v) is 3.82. The zero-order valence-corrected chi connectivity index (χ0v) is 15.9. The third kappa shape index (κ3) is 3.89. The van der Waals surface area contributed by atoms with Gasteiger partial charge in [0.2, 0.25) is 11.8 Å². The second-order valence-electron chi connectivity index (χ2n) is 6.71. The predicted molar refractivity (Wildman–Crippen MR) is 101 cm³/mol. The van der Waals surface area contributed by atoms with Gasteiger partial charge in [0.05, 0.1) is 28.0 Å². The van der Waals surface area contributed by atoms with Crippen LogP contribution >= 0.6 is 11.8 Å². The van der Waals surface area contributed by atoms with Crippen molar-refractivity contribution in [1.82, 2.24) is 5.32 Å². The van der Waals surface area contributed by atoms with Crippen LogP contribution in [-0.2, 0) is 9.59 Å². The second kappa shape index (κ2) is 7.63. The molecule has 2 amide bonds. The van der Waals surface area contributed by atoms with E-state index in [0.717, 1.165) is 17.3 Å². The minimum absolute atomic E-state index is 0.236. The Bertz CT molecular complexity index is 861. The number of aryl methyl sites for hydroxylation is 1. The normalized spacial score (nSPS) is 19.8. The Morgan fingerprint density at radius 2 is 2.08 bits per heavy atom. The van der Waals surface area contributed by atoms with Crippen LogP contribution in [0.25, 0.3) is 0 Å². The van der Waals surface area contributed by atoms with Crippen LogP contribution in [0.3, 0.4) is 0 Å². The van der Waals surface area contributed by atoms with Gasteiger partial charge in [-0.05, 0) is 31.5 Å². The number of thioether (sulfide) groups is 1. The lowest BCUT2D eigenvalue weighted by Crippen LogP contribution is -2.45. The number of carbonyl (C=O) groups excluding carboxylic acids is 2. The molecule has 0 radical (unpaired) electrons. The van der Waals surface area contributed by atoms with Gasteiger partial charge in [-0.25, -0.2) is 0 Å². The molecule has 2 atom stereocenters. The van der Waals surface area contributed by atoms with E-state index in [9.17, 15) is 20.1 Å². The molecule has 1 aliphatic rings. The lowest BCUT2D eigenvalue weighted by molar-refractivity contribution is -0.125. The van der Waals surface area contributed by atoms with Crippen molar-refractivity contribution in [3.05, 3.63) is 40.4 Å². The van der Waals surface area contributed by atoms with E-state index in [1.807, 2.05) is 31.2 Å². The van der Waals surface area contributed by atoms with Crippen molar-refractivity contribution in [1.29, 1.82) is 10.5 Å². The molecule has 0 spiro atoms. The molecule has 0 aliphatic carbocycles. The lowest BCUT2D eigenvalue weighted by atomic mass is 9.72. The summed E-state index contributed by atoms with van der Waals surface area (Å²) >= 11 is 1.11. The second-order valence-corrected chi connectivity index (χ2v) is 8.06. The average Bonchev–Trinajstić information content (AvgIpc) is 2.54. The number of nitrogens with zero attached hydrogens (tertiary/aromatic N) is 2. The van der Waals surface area contributed by atoms with Crippen LogP contribution in [0.2, 0.25) is 0 Å². The number of amides is 2. The van der Waals surface area contributed by atoms with Gasteiger partial charge >= 0.3 is 0 Å². The van der Waals surface area contributed by atoms with Crippen LogP contribution in [0.5, 0.6) is 0 Å². The molecule has 7 heteroatoms. The van der Waals surface area contributed by atoms with Crippen molar-refractivity contribution >= 4 is 29.3 Å². The number of nitriles is 2. The van der Waals surface area contributed by atoms with E-state index >= 15 is 0 Å². The van der Waals surface area contributed by atoms with Gasteiger partial charge in [0, 0.05) is 11.1 Å². The Kier molecular flexibility index (Phi) is 5.74. The Hall–Kier alpha value is -2.77. The standard InChI is InChI=1S/C19H20N4O2S/c1-11-6-5-7-13(8-11)22-16(24)12(2)26-18-15(10-21)19(3,4)14(9-20)17(25)23-18/h5-8,12,14H,1-4H3,(H,22,24)(H,23,25)/t12-,14+/m1/s1. The zero-order chi connectivity index (χ0) is 19.5. The first-order valence-electron chi connectivity index (χ1n) is 8.10. The maximum atomic E-state index is 12.5. The SMILES string of the molecule is Cc1cccc(NC(=O)[C@@H](C)SC2=C(C#N)C(C)(C)[C@@H](C#N)C(=O)N2)c1. The fraction of sp³-hybridized carbons (Fsp3) is 0.368. The third-order valence-corrected chi connectivity index (χ3v) is 5.39. The van der Waals surface area contributed by atoms with E-state index in [0.29, 0.717) is 16.3 Å². The lowest BCUT2D eigenvalue weighted by Gasteiger charge is -2.35. The minimum atomic E-state index is -0.946. The number of allylic oxidation sites excluding steroid dienone is 1. The first kappa shape index (κ1) is 19.6. The highest BCUT2D eigenvalue weighted by atomic mass is 32.2. The zero-order valence-electron chi connectivity index (χ0n) is 15.1.